The predicted molar refractivity (Wildman–Crippen MR) is 84.0 cm³/mol. The standard InChI is InChI=1S/C16H24ClN3O/c1-12(2)20-14(13(17)11-18-20)15(21)16(7-3-4-8-16)19-9-5-6-10-19/h11-12H,3-10H2,1-2H3. The summed E-state index contributed by atoms with van der Waals surface area (Å²) in [6.45, 7) is 6.16. The Morgan fingerprint density at radius 1 is 1.24 bits per heavy atom. The van der Waals surface area contributed by atoms with Crippen LogP contribution in [0.1, 0.15) is 68.9 Å². The van der Waals surface area contributed by atoms with Crippen LogP contribution in [0.3, 0.4) is 0 Å². The summed E-state index contributed by atoms with van der Waals surface area (Å²) in [6.07, 6.45) is 8.21. The summed E-state index contributed by atoms with van der Waals surface area (Å²) in [5.74, 6) is 0.193. The van der Waals surface area contributed by atoms with Gasteiger partial charge in [-0.3, -0.25) is 14.4 Å². The van der Waals surface area contributed by atoms with Gasteiger partial charge in [-0.05, 0) is 52.6 Å². The lowest BCUT2D eigenvalue weighted by Gasteiger charge is -2.37. The molecule has 4 nitrogen and oxygen atoms in total. The third-order valence-electron chi connectivity index (χ3n) is 5.02. The van der Waals surface area contributed by atoms with Gasteiger partial charge in [-0.25, -0.2) is 0 Å². The van der Waals surface area contributed by atoms with Crippen molar-refractivity contribution >= 4 is 17.4 Å². The molecule has 0 bridgehead atoms. The highest BCUT2D eigenvalue weighted by Crippen LogP contribution is 2.41. The average Bonchev–Trinajstić information content (AvgIpc) is 3.18. The maximum absolute atomic E-state index is 13.4. The number of carbonyl (C=O) groups is 1. The van der Waals surface area contributed by atoms with E-state index in [2.05, 4.69) is 10.00 Å². The van der Waals surface area contributed by atoms with Crippen LogP contribution in [0.15, 0.2) is 6.20 Å². The van der Waals surface area contributed by atoms with E-state index in [0.717, 1.165) is 38.8 Å². The molecule has 1 aromatic rings. The van der Waals surface area contributed by atoms with Gasteiger partial charge >= 0.3 is 0 Å². The van der Waals surface area contributed by atoms with Gasteiger partial charge < -0.3 is 0 Å². The van der Waals surface area contributed by atoms with Crippen molar-refractivity contribution in [3.63, 3.8) is 0 Å². The maximum atomic E-state index is 13.4. The second-order valence-corrected chi connectivity index (χ2v) is 7.05. The van der Waals surface area contributed by atoms with E-state index in [-0.39, 0.29) is 17.4 Å². The third kappa shape index (κ3) is 2.42. The zero-order chi connectivity index (χ0) is 15.0. The van der Waals surface area contributed by atoms with Gasteiger partial charge in [-0.15, -0.1) is 0 Å². The van der Waals surface area contributed by atoms with Crippen molar-refractivity contribution in [2.45, 2.75) is 64.0 Å². The van der Waals surface area contributed by atoms with Crippen LogP contribution < -0.4 is 0 Å². The van der Waals surface area contributed by atoms with Crippen molar-refractivity contribution in [1.29, 1.82) is 0 Å². The molecule has 116 valence electrons. The Hall–Kier alpha value is -0.870. The van der Waals surface area contributed by atoms with Gasteiger partial charge in [0.25, 0.3) is 0 Å². The summed E-state index contributed by atoms with van der Waals surface area (Å²) in [6, 6.07) is 0.147. The van der Waals surface area contributed by atoms with Crippen LogP contribution >= 0.6 is 11.6 Å². The van der Waals surface area contributed by atoms with Gasteiger partial charge in [0.1, 0.15) is 5.69 Å². The molecule has 0 atom stereocenters. The minimum absolute atomic E-state index is 0.147. The van der Waals surface area contributed by atoms with E-state index in [9.17, 15) is 4.79 Å². The Morgan fingerprint density at radius 3 is 2.43 bits per heavy atom. The van der Waals surface area contributed by atoms with Crippen LogP contribution in [-0.4, -0.2) is 39.1 Å². The van der Waals surface area contributed by atoms with Crippen molar-refractivity contribution in [1.82, 2.24) is 14.7 Å². The molecule has 1 saturated carbocycles. The molecule has 2 heterocycles. The van der Waals surface area contributed by atoms with Crippen LogP contribution in [0.4, 0.5) is 0 Å². The number of likely N-dealkylation sites (tertiary alicyclic amines) is 1. The first-order valence-corrected chi connectivity index (χ1v) is 8.47. The van der Waals surface area contributed by atoms with E-state index in [0.29, 0.717) is 10.7 Å². The van der Waals surface area contributed by atoms with Crippen molar-refractivity contribution in [3.05, 3.63) is 16.9 Å². The van der Waals surface area contributed by atoms with E-state index in [1.165, 1.54) is 12.8 Å². The molecule has 0 N–H and O–H groups in total. The molecule has 0 aromatic carbocycles. The van der Waals surface area contributed by atoms with E-state index < -0.39 is 0 Å². The Bertz CT molecular complexity index is 526. The normalized spacial score (nSPS) is 22.3. The predicted octanol–water partition coefficient (Wildman–Crippen LogP) is 3.71. The molecule has 1 aliphatic carbocycles. The second-order valence-electron chi connectivity index (χ2n) is 6.64. The third-order valence-corrected chi connectivity index (χ3v) is 5.30. The molecule has 0 unspecified atom stereocenters. The van der Waals surface area contributed by atoms with Crippen molar-refractivity contribution in [2.24, 2.45) is 0 Å². The molecule has 2 aliphatic rings. The van der Waals surface area contributed by atoms with Crippen LogP contribution in [0.5, 0.6) is 0 Å². The monoisotopic (exact) mass is 309 g/mol. The molecule has 2 fully saturated rings. The number of aromatic nitrogens is 2. The highest BCUT2D eigenvalue weighted by molar-refractivity contribution is 6.34. The summed E-state index contributed by atoms with van der Waals surface area (Å²) >= 11 is 6.31. The van der Waals surface area contributed by atoms with Crippen LogP contribution in [0, 0.1) is 0 Å². The molecule has 0 radical (unpaired) electrons. The van der Waals surface area contributed by atoms with Crippen LogP contribution in [0.2, 0.25) is 5.02 Å². The van der Waals surface area contributed by atoms with E-state index >= 15 is 0 Å². The number of hydrogen-bond acceptors (Lipinski definition) is 3. The smallest absolute Gasteiger partial charge is 0.202 e. The molecule has 5 heteroatoms. The molecular weight excluding hydrogens is 286 g/mol. The highest BCUT2D eigenvalue weighted by atomic mass is 35.5. The summed E-state index contributed by atoms with van der Waals surface area (Å²) in [5, 5.41) is 4.81. The zero-order valence-corrected chi connectivity index (χ0v) is 13.7. The lowest BCUT2D eigenvalue weighted by atomic mass is 9.88. The van der Waals surface area contributed by atoms with E-state index in [4.69, 9.17) is 11.6 Å². The summed E-state index contributed by atoms with van der Waals surface area (Å²) in [5.41, 5.74) is 0.285. The number of ketones is 1. The number of rotatable bonds is 4. The Labute approximate surface area is 131 Å². The fraction of sp³-hybridized carbons (Fsp3) is 0.750. The van der Waals surface area contributed by atoms with Gasteiger partial charge in [0.05, 0.1) is 16.8 Å². The molecule has 1 aliphatic heterocycles. The molecule has 1 saturated heterocycles. The van der Waals surface area contributed by atoms with Crippen molar-refractivity contribution in [2.75, 3.05) is 13.1 Å². The fourth-order valence-corrected chi connectivity index (χ4v) is 4.17. The van der Waals surface area contributed by atoms with Gasteiger partial charge in [-0.1, -0.05) is 24.4 Å². The molecule has 1 aromatic heterocycles. The summed E-state index contributed by atoms with van der Waals surface area (Å²) in [4.78, 5) is 15.8. The quantitative estimate of drug-likeness (QED) is 0.796. The summed E-state index contributed by atoms with van der Waals surface area (Å²) in [7, 11) is 0. The minimum Gasteiger partial charge on any atom is -0.291 e. The first-order chi connectivity index (χ1) is 10.1. The SMILES string of the molecule is CC(C)n1ncc(Cl)c1C(=O)C1(N2CCCC2)CCCC1. The molecule has 3 rings (SSSR count). The van der Waals surface area contributed by atoms with Gasteiger partial charge in [0.15, 0.2) is 0 Å². The number of Topliss-reactive ketones (excluding diaryl/α,β-unsaturated/α-hetero) is 1. The maximum Gasteiger partial charge on any atom is 0.202 e. The lowest BCUT2D eigenvalue weighted by molar-refractivity contribution is 0.0613. The molecule has 0 amide bonds. The number of hydrogen-bond donors (Lipinski definition) is 0. The molecule has 0 spiro atoms. The average molecular weight is 310 g/mol. The number of nitrogens with zero attached hydrogens (tertiary/aromatic N) is 3. The Kier molecular flexibility index (Phi) is 4.10. The number of carbonyl (C=O) groups excluding carboxylic acids is 1. The van der Waals surface area contributed by atoms with Gasteiger partial charge in [0.2, 0.25) is 5.78 Å². The first kappa shape index (κ1) is 15.0. The highest BCUT2D eigenvalue weighted by Gasteiger charge is 2.48. The van der Waals surface area contributed by atoms with Gasteiger partial charge in [-0.2, -0.15) is 5.10 Å². The van der Waals surface area contributed by atoms with Crippen LogP contribution in [-0.2, 0) is 0 Å². The first-order valence-electron chi connectivity index (χ1n) is 8.09. The largest absolute Gasteiger partial charge is 0.291 e. The number of halogens is 1. The Balaban J connectivity index is 2.00. The topological polar surface area (TPSA) is 38.1 Å². The van der Waals surface area contributed by atoms with Crippen molar-refractivity contribution in [3.8, 4) is 0 Å². The zero-order valence-electron chi connectivity index (χ0n) is 12.9. The molecular formula is C16H24ClN3O. The Morgan fingerprint density at radius 2 is 1.86 bits per heavy atom. The minimum atomic E-state index is -0.327. The van der Waals surface area contributed by atoms with E-state index in [1.807, 2.05) is 13.8 Å². The van der Waals surface area contributed by atoms with Crippen LogP contribution in [0.25, 0.3) is 0 Å². The fourth-order valence-electron chi connectivity index (χ4n) is 3.96. The lowest BCUT2D eigenvalue weighted by Crippen LogP contribution is -2.52. The van der Waals surface area contributed by atoms with E-state index in [1.54, 1.807) is 10.9 Å². The molecule has 21 heavy (non-hydrogen) atoms. The summed E-state index contributed by atoms with van der Waals surface area (Å²) < 4.78 is 1.79. The van der Waals surface area contributed by atoms with Gasteiger partial charge in [0, 0.05) is 6.04 Å². The van der Waals surface area contributed by atoms with Crippen molar-refractivity contribution < 1.29 is 4.79 Å². The second kappa shape index (κ2) is 5.73.